The molecule has 0 atom stereocenters. The Balaban J connectivity index is 1.64. The number of aromatic nitrogens is 1. The van der Waals surface area contributed by atoms with E-state index in [9.17, 15) is 9.59 Å². The topological polar surface area (TPSA) is 65.5 Å². The number of hydrogen-bond acceptors (Lipinski definition) is 5. The molecule has 2 aromatic carbocycles. The first-order valence-electron chi connectivity index (χ1n) is 10.0. The van der Waals surface area contributed by atoms with Gasteiger partial charge in [0.05, 0.1) is 17.1 Å². The number of nitrogens with zero attached hydrogens (tertiary/aromatic N) is 3. The molecule has 1 saturated heterocycles. The van der Waals surface area contributed by atoms with Gasteiger partial charge in [0.2, 0.25) is 5.91 Å². The van der Waals surface area contributed by atoms with Crippen molar-refractivity contribution in [2.75, 3.05) is 9.80 Å². The van der Waals surface area contributed by atoms with E-state index in [-0.39, 0.29) is 11.8 Å². The molecule has 0 radical (unpaired) electrons. The Kier molecular flexibility index (Phi) is 5.90. The van der Waals surface area contributed by atoms with Crippen LogP contribution in [-0.4, -0.2) is 21.9 Å². The number of anilines is 3. The number of para-hydroxylation sites is 1. The van der Waals surface area contributed by atoms with E-state index in [1.54, 1.807) is 11.0 Å². The number of carbonyl (C=O) groups excluding carboxylic acids is 2. The maximum Gasteiger partial charge on any atom is 0.281 e. The van der Waals surface area contributed by atoms with Crippen molar-refractivity contribution in [1.29, 1.82) is 0 Å². The lowest BCUT2D eigenvalue weighted by molar-refractivity contribution is -0.116. The minimum atomic E-state index is -0.239. The molecule has 2 heterocycles. The van der Waals surface area contributed by atoms with Gasteiger partial charge >= 0.3 is 0 Å². The van der Waals surface area contributed by atoms with Gasteiger partial charge in [-0.1, -0.05) is 24.3 Å². The molecule has 1 aliphatic heterocycles. The van der Waals surface area contributed by atoms with E-state index >= 15 is 0 Å². The maximum atomic E-state index is 13.0. The molecule has 1 aromatic heterocycles. The van der Waals surface area contributed by atoms with Crippen molar-refractivity contribution >= 4 is 63.1 Å². The van der Waals surface area contributed by atoms with Crippen molar-refractivity contribution in [2.45, 2.75) is 27.7 Å². The minimum Gasteiger partial charge on any atom is -0.327 e. The summed E-state index contributed by atoms with van der Waals surface area (Å²) < 4.78 is 0. The van der Waals surface area contributed by atoms with Gasteiger partial charge in [-0.2, -0.15) is 0 Å². The van der Waals surface area contributed by atoms with Crippen molar-refractivity contribution < 1.29 is 9.59 Å². The maximum absolute atomic E-state index is 13.0. The molecular weight excluding hydrogens is 440 g/mol. The van der Waals surface area contributed by atoms with E-state index in [4.69, 9.17) is 12.2 Å². The fraction of sp³-hybridized carbons (Fsp3) is 0.167. The number of thiocarbonyl (C=S) groups is 1. The molecule has 1 fully saturated rings. The molecular formula is C24H22N4O2S2. The van der Waals surface area contributed by atoms with E-state index < -0.39 is 0 Å². The van der Waals surface area contributed by atoms with Crippen molar-refractivity contribution in [1.82, 2.24) is 10.3 Å². The second-order valence-corrected chi connectivity index (χ2v) is 8.82. The van der Waals surface area contributed by atoms with Gasteiger partial charge in [0.1, 0.15) is 5.70 Å². The summed E-state index contributed by atoms with van der Waals surface area (Å²) in [6.45, 7) is 7.48. The van der Waals surface area contributed by atoms with Crippen LogP contribution in [0.4, 0.5) is 16.5 Å². The first-order chi connectivity index (χ1) is 15.3. The predicted octanol–water partition coefficient (Wildman–Crippen LogP) is 5.02. The third-order valence-electron chi connectivity index (χ3n) is 5.29. The number of benzene rings is 2. The lowest BCUT2D eigenvalue weighted by Crippen LogP contribution is -2.30. The Morgan fingerprint density at radius 3 is 2.56 bits per heavy atom. The van der Waals surface area contributed by atoms with Gasteiger partial charge in [-0.3, -0.25) is 19.4 Å². The zero-order valence-electron chi connectivity index (χ0n) is 18.2. The summed E-state index contributed by atoms with van der Waals surface area (Å²) in [5.41, 5.74) is 5.62. The van der Waals surface area contributed by atoms with Gasteiger partial charge in [-0.25, -0.2) is 4.98 Å². The highest BCUT2D eigenvalue weighted by Gasteiger charge is 2.33. The van der Waals surface area contributed by atoms with Crippen LogP contribution in [0, 0.1) is 20.8 Å². The standard InChI is InChI=1S/C24H22N4O2S2/c1-14-9-10-19(11-16(14)3)27(17(4)29)24-25-18(13-32-24)12-20-22(30)28(23(31)26-20)21-8-6-5-7-15(21)2/h5-13H,1-4H3,(H,26,31)/b20-12-. The quantitative estimate of drug-likeness (QED) is 0.436. The Morgan fingerprint density at radius 1 is 1.12 bits per heavy atom. The smallest absolute Gasteiger partial charge is 0.281 e. The van der Waals surface area contributed by atoms with Crippen molar-refractivity contribution in [2.24, 2.45) is 0 Å². The zero-order valence-corrected chi connectivity index (χ0v) is 19.8. The first kappa shape index (κ1) is 21.9. The average molecular weight is 463 g/mol. The molecule has 32 heavy (non-hydrogen) atoms. The molecule has 0 saturated carbocycles. The van der Waals surface area contributed by atoms with Crippen LogP contribution in [0.2, 0.25) is 0 Å². The van der Waals surface area contributed by atoms with Gasteiger partial charge in [-0.15, -0.1) is 11.3 Å². The first-order valence-corrected chi connectivity index (χ1v) is 11.3. The SMILES string of the molecule is CC(=O)N(c1ccc(C)c(C)c1)c1nc(/C=C2\NC(=S)N(c3ccccc3C)C2=O)cs1. The molecule has 4 rings (SSSR count). The molecule has 1 aliphatic rings. The number of aryl methyl sites for hydroxylation is 3. The highest BCUT2D eigenvalue weighted by atomic mass is 32.1. The Labute approximate surface area is 196 Å². The van der Waals surface area contributed by atoms with Crippen LogP contribution >= 0.6 is 23.6 Å². The average Bonchev–Trinajstić information content (AvgIpc) is 3.30. The van der Waals surface area contributed by atoms with Gasteiger partial charge in [-0.05, 0) is 74.0 Å². The minimum absolute atomic E-state index is 0.135. The summed E-state index contributed by atoms with van der Waals surface area (Å²) in [6.07, 6.45) is 1.66. The molecule has 0 spiro atoms. The van der Waals surface area contributed by atoms with Crippen LogP contribution in [0.3, 0.4) is 0 Å². The van der Waals surface area contributed by atoms with Crippen molar-refractivity contribution in [3.05, 3.63) is 75.9 Å². The summed E-state index contributed by atoms with van der Waals surface area (Å²) in [6, 6.07) is 13.4. The molecule has 2 amide bonds. The molecule has 0 bridgehead atoms. The molecule has 0 aliphatic carbocycles. The van der Waals surface area contributed by atoms with Gasteiger partial charge in [0.25, 0.3) is 5.91 Å². The molecule has 0 unspecified atom stereocenters. The third kappa shape index (κ3) is 4.06. The molecule has 3 aromatic rings. The highest BCUT2D eigenvalue weighted by Crippen LogP contribution is 2.31. The zero-order chi connectivity index (χ0) is 23.0. The van der Waals surface area contributed by atoms with Crippen LogP contribution < -0.4 is 15.1 Å². The second-order valence-electron chi connectivity index (χ2n) is 7.59. The highest BCUT2D eigenvalue weighted by molar-refractivity contribution is 7.80. The summed E-state index contributed by atoms with van der Waals surface area (Å²) in [5.74, 6) is -0.375. The Morgan fingerprint density at radius 2 is 1.88 bits per heavy atom. The fourth-order valence-corrected chi connectivity index (χ4v) is 4.59. The molecule has 162 valence electrons. The lowest BCUT2D eigenvalue weighted by atomic mass is 10.1. The number of thiazole rings is 1. The predicted molar refractivity (Wildman–Crippen MR) is 133 cm³/mol. The second kappa shape index (κ2) is 8.64. The Bertz CT molecular complexity index is 1280. The van der Waals surface area contributed by atoms with E-state index in [0.717, 1.165) is 28.1 Å². The van der Waals surface area contributed by atoms with Crippen LogP contribution in [0.25, 0.3) is 6.08 Å². The molecule has 6 nitrogen and oxygen atoms in total. The number of hydrogen-bond donors (Lipinski definition) is 1. The normalized spacial score (nSPS) is 14.8. The Hall–Kier alpha value is -3.36. The summed E-state index contributed by atoms with van der Waals surface area (Å²) in [4.78, 5) is 33.1. The summed E-state index contributed by atoms with van der Waals surface area (Å²) in [7, 11) is 0. The van der Waals surface area contributed by atoms with Gasteiger partial charge in [0.15, 0.2) is 10.2 Å². The lowest BCUT2D eigenvalue weighted by Gasteiger charge is -2.19. The molecule has 1 N–H and O–H groups in total. The van der Waals surface area contributed by atoms with E-state index in [0.29, 0.717) is 21.6 Å². The summed E-state index contributed by atoms with van der Waals surface area (Å²) in [5, 5.41) is 5.66. The van der Waals surface area contributed by atoms with Crippen molar-refractivity contribution in [3.8, 4) is 0 Å². The van der Waals surface area contributed by atoms with E-state index in [1.807, 2.05) is 68.6 Å². The number of carbonyl (C=O) groups is 2. The fourth-order valence-electron chi connectivity index (χ4n) is 3.45. The number of rotatable bonds is 4. The number of amides is 2. The van der Waals surface area contributed by atoms with Crippen LogP contribution in [0.1, 0.15) is 29.3 Å². The van der Waals surface area contributed by atoms with Crippen LogP contribution in [0.15, 0.2) is 53.5 Å². The number of nitrogens with one attached hydrogen (secondary N) is 1. The van der Waals surface area contributed by atoms with E-state index in [2.05, 4.69) is 10.3 Å². The van der Waals surface area contributed by atoms with E-state index in [1.165, 1.54) is 23.2 Å². The van der Waals surface area contributed by atoms with Gasteiger partial charge in [0, 0.05) is 12.3 Å². The molecule has 8 heteroatoms. The van der Waals surface area contributed by atoms with Gasteiger partial charge < -0.3 is 5.32 Å². The summed E-state index contributed by atoms with van der Waals surface area (Å²) >= 11 is 6.74. The third-order valence-corrected chi connectivity index (χ3v) is 6.42. The van der Waals surface area contributed by atoms with Crippen LogP contribution in [-0.2, 0) is 9.59 Å². The van der Waals surface area contributed by atoms with Crippen LogP contribution in [0.5, 0.6) is 0 Å². The monoisotopic (exact) mass is 462 g/mol. The largest absolute Gasteiger partial charge is 0.327 e. The van der Waals surface area contributed by atoms with Crippen molar-refractivity contribution in [3.63, 3.8) is 0 Å².